The van der Waals surface area contributed by atoms with E-state index < -0.39 is 8.07 Å². The van der Waals surface area contributed by atoms with Gasteiger partial charge < -0.3 is 0 Å². The lowest BCUT2D eigenvalue weighted by molar-refractivity contribution is 1.05. The second-order valence-corrected chi connectivity index (χ2v) is 7.45. The molecule has 2 aromatic carbocycles. The van der Waals surface area contributed by atoms with Crippen molar-refractivity contribution in [1.29, 1.82) is 0 Å². The quantitative estimate of drug-likeness (QED) is 0.512. The summed E-state index contributed by atoms with van der Waals surface area (Å²) >= 11 is 0. The van der Waals surface area contributed by atoms with Gasteiger partial charge in [0.05, 0.1) is 8.07 Å². The van der Waals surface area contributed by atoms with Gasteiger partial charge in [-0.15, -0.1) is 0 Å². The highest BCUT2D eigenvalue weighted by molar-refractivity contribution is 7.74. The molecule has 0 saturated heterocycles. The number of anilines is 2. The van der Waals surface area contributed by atoms with Gasteiger partial charge in [-0.25, -0.2) is 24.6 Å². The van der Waals surface area contributed by atoms with Crippen molar-refractivity contribution in [3.63, 3.8) is 0 Å². The molecule has 0 bridgehead atoms. The molecule has 0 spiro atoms. The second-order valence-electron chi connectivity index (χ2n) is 5.39. The molecule has 6 heteroatoms. The molecule has 0 aliphatic rings. The van der Waals surface area contributed by atoms with Gasteiger partial charge in [-0.3, -0.25) is 0 Å². The largest absolute Gasteiger partial charge is 0.248 e. The van der Waals surface area contributed by atoms with E-state index in [2.05, 4.69) is 44.2 Å². The molecule has 26 heavy (non-hydrogen) atoms. The zero-order valence-corrected chi connectivity index (χ0v) is 14.8. The summed E-state index contributed by atoms with van der Waals surface area (Å²) in [4.78, 5) is 17.9. The molecule has 2 aromatic heterocycles. The molecule has 4 aromatic rings. The average Bonchev–Trinajstić information content (AvgIpc) is 2.74. The van der Waals surface area contributed by atoms with Crippen molar-refractivity contribution < 1.29 is 0 Å². The molecule has 4 rings (SSSR count). The monoisotopic (exact) mass is 357 g/mol. The first-order valence-electron chi connectivity index (χ1n) is 8.18. The predicted octanol–water partition coefficient (Wildman–Crippen LogP) is 3.45. The topological polar surface area (TPSA) is 54.8 Å². The maximum Gasteiger partial charge on any atom is 0.236 e. The molecule has 126 valence electrons. The van der Waals surface area contributed by atoms with E-state index in [1.807, 2.05) is 41.1 Å². The van der Waals surface area contributed by atoms with Crippen LogP contribution in [0.25, 0.3) is 0 Å². The molecule has 0 atom stereocenters. The number of rotatable bonds is 5. The summed E-state index contributed by atoms with van der Waals surface area (Å²) in [6, 6.07) is 24.3. The number of hydrogen-bond acceptors (Lipinski definition) is 5. The summed E-state index contributed by atoms with van der Waals surface area (Å²) < 4.78 is 2.03. The Bertz CT molecular complexity index is 777. The summed E-state index contributed by atoms with van der Waals surface area (Å²) in [5.41, 5.74) is 0. The van der Waals surface area contributed by atoms with E-state index >= 15 is 0 Å². The van der Waals surface area contributed by atoms with Gasteiger partial charge in [0.2, 0.25) is 11.9 Å². The van der Waals surface area contributed by atoms with Gasteiger partial charge in [-0.1, -0.05) is 60.7 Å². The van der Waals surface area contributed by atoms with Crippen molar-refractivity contribution in [3.05, 3.63) is 97.6 Å². The lowest BCUT2D eigenvalue weighted by Gasteiger charge is -2.30. The second kappa shape index (κ2) is 7.81. The maximum atomic E-state index is 4.48. The van der Waals surface area contributed by atoms with E-state index in [1.54, 1.807) is 36.9 Å². The van der Waals surface area contributed by atoms with E-state index in [9.17, 15) is 0 Å². The molecule has 0 radical (unpaired) electrons. The first kappa shape index (κ1) is 16.3. The lowest BCUT2D eigenvalue weighted by atomic mass is 10.4. The maximum absolute atomic E-state index is 4.48. The van der Waals surface area contributed by atoms with Crippen LogP contribution >= 0.6 is 8.07 Å². The summed E-state index contributed by atoms with van der Waals surface area (Å²) in [6.07, 6.45) is 6.95. The van der Waals surface area contributed by atoms with Crippen LogP contribution in [-0.2, 0) is 0 Å². The first-order chi connectivity index (χ1) is 12.9. The van der Waals surface area contributed by atoms with E-state index in [0.717, 1.165) is 0 Å². The van der Waals surface area contributed by atoms with E-state index in [-0.39, 0.29) is 0 Å². The lowest BCUT2D eigenvalue weighted by Crippen LogP contribution is -2.27. The van der Waals surface area contributed by atoms with Crippen LogP contribution in [-0.4, -0.2) is 19.9 Å². The Hall–Kier alpha value is -3.17. The number of hydrogen-bond donors (Lipinski definition) is 0. The Balaban J connectivity index is 1.93. The zero-order valence-electron chi connectivity index (χ0n) is 13.9. The molecule has 5 nitrogen and oxygen atoms in total. The molecule has 0 saturated carbocycles. The van der Waals surface area contributed by atoms with E-state index in [1.165, 1.54) is 10.6 Å². The number of nitrogens with zero attached hydrogens (tertiary/aromatic N) is 5. The average molecular weight is 357 g/mol. The van der Waals surface area contributed by atoms with Crippen molar-refractivity contribution in [1.82, 2.24) is 19.9 Å². The number of aromatic nitrogens is 4. The fraction of sp³-hybridized carbons (Fsp3) is 0. The molecule has 0 fully saturated rings. The van der Waals surface area contributed by atoms with Crippen LogP contribution in [0.2, 0.25) is 0 Å². The van der Waals surface area contributed by atoms with Gasteiger partial charge in [0.1, 0.15) is 0 Å². The molecular weight excluding hydrogens is 341 g/mol. The smallest absolute Gasteiger partial charge is 0.236 e. The van der Waals surface area contributed by atoms with Crippen LogP contribution in [0.3, 0.4) is 0 Å². The van der Waals surface area contributed by atoms with Crippen molar-refractivity contribution in [2.24, 2.45) is 0 Å². The fourth-order valence-corrected chi connectivity index (χ4v) is 4.82. The highest BCUT2D eigenvalue weighted by Gasteiger charge is 2.28. The summed E-state index contributed by atoms with van der Waals surface area (Å²) in [5.74, 6) is 1.16. The Morgan fingerprint density at radius 3 is 1.27 bits per heavy atom. The van der Waals surface area contributed by atoms with Crippen LogP contribution < -0.4 is 15.3 Å². The third-order valence-electron chi connectivity index (χ3n) is 3.68. The molecular formula is C20H16N5P. The molecule has 0 amide bonds. The van der Waals surface area contributed by atoms with Gasteiger partial charge in [0.15, 0.2) is 0 Å². The highest BCUT2D eigenvalue weighted by atomic mass is 31.1. The Morgan fingerprint density at radius 2 is 0.885 bits per heavy atom. The Morgan fingerprint density at radius 1 is 0.500 bits per heavy atom. The third kappa shape index (κ3) is 3.44. The Kier molecular flexibility index (Phi) is 4.90. The van der Waals surface area contributed by atoms with Gasteiger partial charge >= 0.3 is 0 Å². The normalized spacial score (nSPS) is 10.7. The molecule has 0 aliphatic heterocycles. The van der Waals surface area contributed by atoms with Crippen LogP contribution in [0, 0.1) is 0 Å². The fourth-order valence-electron chi connectivity index (χ4n) is 2.59. The van der Waals surface area contributed by atoms with Gasteiger partial charge in [-0.2, -0.15) is 0 Å². The minimum atomic E-state index is -0.984. The molecule has 0 unspecified atom stereocenters. The van der Waals surface area contributed by atoms with Gasteiger partial charge in [-0.05, 0) is 12.1 Å². The third-order valence-corrected chi connectivity index (χ3v) is 6.02. The standard InChI is InChI=1S/C20H16N5P/c1-3-9-17(10-4-1)26(18-11-5-2-6-12-18)25(19-21-13-7-14-22-19)20-23-15-8-16-24-20/h1-16H. The minimum Gasteiger partial charge on any atom is -0.248 e. The summed E-state index contributed by atoms with van der Waals surface area (Å²) in [5, 5.41) is 2.35. The Labute approximate surface area is 153 Å². The van der Waals surface area contributed by atoms with Crippen LogP contribution in [0.15, 0.2) is 97.6 Å². The molecule has 0 N–H and O–H groups in total. The van der Waals surface area contributed by atoms with Gasteiger partial charge in [0.25, 0.3) is 0 Å². The molecule has 0 aliphatic carbocycles. The summed E-state index contributed by atoms with van der Waals surface area (Å²) in [7, 11) is -0.984. The van der Waals surface area contributed by atoms with Crippen molar-refractivity contribution in [3.8, 4) is 0 Å². The van der Waals surface area contributed by atoms with Crippen molar-refractivity contribution in [2.75, 3.05) is 4.67 Å². The van der Waals surface area contributed by atoms with Crippen LogP contribution in [0.5, 0.6) is 0 Å². The summed E-state index contributed by atoms with van der Waals surface area (Å²) in [6.45, 7) is 0. The predicted molar refractivity (Wildman–Crippen MR) is 105 cm³/mol. The number of benzene rings is 2. The van der Waals surface area contributed by atoms with Crippen molar-refractivity contribution in [2.45, 2.75) is 0 Å². The first-order valence-corrected chi connectivity index (χ1v) is 9.47. The minimum absolute atomic E-state index is 0.581. The van der Waals surface area contributed by atoms with Crippen LogP contribution in [0.1, 0.15) is 0 Å². The molecule has 2 heterocycles. The van der Waals surface area contributed by atoms with Crippen molar-refractivity contribution >= 4 is 30.6 Å². The SMILES string of the molecule is c1ccc(P(c2ccccc2)N(c2ncccn2)c2ncccn2)cc1. The van der Waals surface area contributed by atoms with E-state index in [4.69, 9.17) is 0 Å². The highest BCUT2D eigenvalue weighted by Crippen LogP contribution is 2.44. The van der Waals surface area contributed by atoms with Gasteiger partial charge in [0, 0.05) is 35.4 Å². The zero-order chi connectivity index (χ0) is 17.6. The van der Waals surface area contributed by atoms with Crippen LogP contribution in [0.4, 0.5) is 11.9 Å². The van der Waals surface area contributed by atoms with E-state index in [0.29, 0.717) is 11.9 Å².